The second-order valence-electron chi connectivity index (χ2n) is 11.0. The second-order valence-corrected chi connectivity index (χ2v) is 11.8. The maximum absolute atomic E-state index is 13.3. The smallest absolute Gasteiger partial charge is 0.340 e. The summed E-state index contributed by atoms with van der Waals surface area (Å²) in [5, 5.41) is 0. The molecule has 4 saturated heterocycles. The normalized spacial score (nSPS) is 39.3. The van der Waals surface area contributed by atoms with Gasteiger partial charge in [-0.15, -0.1) is 23.2 Å². The van der Waals surface area contributed by atoms with E-state index in [2.05, 4.69) is 18.7 Å². The van der Waals surface area contributed by atoms with Crippen LogP contribution in [0.25, 0.3) is 0 Å². The Morgan fingerprint density at radius 1 is 1.11 bits per heavy atom. The van der Waals surface area contributed by atoms with Crippen molar-refractivity contribution >= 4 is 34.9 Å². The van der Waals surface area contributed by atoms with E-state index in [1.165, 1.54) is 0 Å². The lowest BCUT2D eigenvalue weighted by molar-refractivity contribution is -0.576. The molecule has 6 rings (SSSR count). The van der Waals surface area contributed by atoms with E-state index >= 15 is 0 Å². The van der Waals surface area contributed by atoms with E-state index in [1.54, 1.807) is 6.07 Å². The number of carbonyl (C=O) groups is 1. The van der Waals surface area contributed by atoms with E-state index in [4.69, 9.17) is 47.2 Å². The van der Waals surface area contributed by atoms with Crippen molar-refractivity contribution in [3.05, 3.63) is 29.3 Å². The molecule has 1 aromatic carbocycles. The summed E-state index contributed by atoms with van der Waals surface area (Å²) in [4.78, 5) is 27.4. The summed E-state index contributed by atoms with van der Waals surface area (Å²) in [5.41, 5.74) is 1.77. The SMILES string of the molecule is Cc1cc(C(=O)OC2O[C@@H]3O[C@@]4(C)CC[C@H]5[C@H](C)CC[C@@H]([C@H]2C)[C@@]35OO4)ccc1N(CCCl)CCCl. The lowest BCUT2D eigenvalue weighted by Gasteiger charge is -2.59. The van der Waals surface area contributed by atoms with Gasteiger partial charge in [-0.3, -0.25) is 0 Å². The van der Waals surface area contributed by atoms with Crippen LogP contribution in [0.5, 0.6) is 0 Å². The number of carbonyl (C=O) groups excluding carboxylic acids is 1. The van der Waals surface area contributed by atoms with Crippen molar-refractivity contribution in [2.24, 2.45) is 23.7 Å². The lowest BCUT2D eigenvalue weighted by atomic mass is 9.58. The van der Waals surface area contributed by atoms with Gasteiger partial charge in [0.2, 0.25) is 12.1 Å². The van der Waals surface area contributed by atoms with Gasteiger partial charge in [-0.1, -0.05) is 13.8 Å². The fraction of sp³-hybridized carbons (Fsp3) is 0.741. The van der Waals surface area contributed by atoms with Crippen LogP contribution in [0.3, 0.4) is 0 Å². The van der Waals surface area contributed by atoms with Crippen molar-refractivity contribution in [1.29, 1.82) is 0 Å². The summed E-state index contributed by atoms with van der Waals surface area (Å²) < 4.78 is 18.8. The van der Waals surface area contributed by atoms with Crippen LogP contribution in [0, 0.1) is 30.6 Å². The first-order valence-corrected chi connectivity index (χ1v) is 14.2. The summed E-state index contributed by atoms with van der Waals surface area (Å²) in [6, 6.07) is 5.57. The Bertz CT molecular complexity index is 974. The zero-order chi connectivity index (χ0) is 25.7. The fourth-order valence-corrected chi connectivity index (χ4v) is 7.28. The molecule has 5 fully saturated rings. The number of alkyl halides is 2. The maximum atomic E-state index is 13.3. The summed E-state index contributed by atoms with van der Waals surface area (Å²) >= 11 is 11.9. The quantitative estimate of drug-likeness (QED) is 0.251. The summed E-state index contributed by atoms with van der Waals surface area (Å²) in [6.07, 6.45) is 2.36. The minimum atomic E-state index is -0.864. The molecule has 0 N–H and O–H groups in total. The molecule has 1 unspecified atom stereocenters. The van der Waals surface area contributed by atoms with Gasteiger partial charge < -0.3 is 19.1 Å². The molecule has 0 aromatic heterocycles. The predicted octanol–water partition coefficient (Wildman–Crippen LogP) is 5.64. The highest BCUT2D eigenvalue weighted by Gasteiger charge is 2.69. The summed E-state index contributed by atoms with van der Waals surface area (Å²) in [5.74, 6) is 0.486. The van der Waals surface area contributed by atoms with Gasteiger partial charge in [0.05, 0.1) is 5.56 Å². The maximum Gasteiger partial charge on any atom is 0.340 e. The van der Waals surface area contributed by atoms with Gasteiger partial charge in [0.25, 0.3) is 0 Å². The predicted molar refractivity (Wildman–Crippen MR) is 137 cm³/mol. The molecule has 1 spiro atoms. The Balaban J connectivity index is 1.36. The first-order valence-electron chi connectivity index (χ1n) is 13.1. The van der Waals surface area contributed by atoms with E-state index in [0.29, 0.717) is 36.3 Å². The molecule has 1 aliphatic carbocycles. The highest BCUT2D eigenvalue weighted by molar-refractivity contribution is 6.18. The number of hydrogen-bond donors (Lipinski definition) is 0. The molecular weight excluding hydrogens is 505 g/mol. The third-order valence-corrected chi connectivity index (χ3v) is 9.14. The van der Waals surface area contributed by atoms with Gasteiger partial charge in [-0.05, 0) is 68.7 Å². The molecule has 5 aliphatic rings. The molecular formula is C27H37Cl2NO6. The zero-order valence-corrected chi connectivity index (χ0v) is 23.0. The fourth-order valence-electron chi connectivity index (χ4n) is 6.87. The van der Waals surface area contributed by atoms with Crippen LogP contribution in [0.15, 0.2) is 18.2 Å². The summed E-state index contributed by atoms with van der Waals surface area (Å²) in [6.45, 7) is 9.58. The van der Waals surface area contributed by atoms with Crippen LogP contribution >= 0.6 is 23.2 Å². The second kappa shape index (κ2) is 10.2. The molecule has 0 amide bonds. The van der Waals surface area contributed by atoms with Crippen molar-refractivity contribution in [1.82, 2.24) is 0 Å². The Morgan fingerprint density at radius 3 is 2.56 bits per heavy atom. The highest BCUT2D eigenvalue weighted by Crippen LogP contribution is 2.60. The first-order chi connectivity index (χ1) is 17.2. The minimum Gasteiger partial charge on any atom is -0.432 e. The minimum absolute atomic E-state index is 0.0711. The van der Waals surface area contributed by atoms with Crippen LogP contribution < -0.4 is 4.90 Å². The monoisotopic (exact) mass is 541 g/mol. The first kappa shape index (κ1) is 26.5. The van der Waals surface area contributed by atoms with Crippen molar-refractivity contribution in [2.45, 2.75) is 77.3 Å². The van der Waals surface area contributed by atoms with Gasteiger partial charge in [0.15, 0.2) is 11.9 Å². The Hall–Kier alpha value is -1.09. The van der Waals surface area contributed by atoms with Crippen molar-refractivity contribution in [3.63, 3.8) is 0 Å². The number of aryl methyl sites for hydroxylation is 1. The number of benzene rings is 1. The number of anilines is 1. The molecule has 7 nitrogen and oxygen atoms in total. The van der Waals surface area contributed by atoms with E-state index < -0.39 is 29.9 Å². The largest absolute Gasteiger partial charge is 0.432 e. The number of nitrogens with zero attached hydrogens (tertiary/aromatic N) is 1. The topological polar surface area (TPSA) is 66.5 Å². The van der Waals surface area contributed by atoms with Crippen LogP contribution in [-0.2, 0) is 24.0 Å². The van der Waals surface area contributed by atoms with Crippen molar-refractivity contribution in [3.8, 4) is 0 Å². The standard InChI is InChI=1S/C27H37Cl2NO6/c1-16-5-7-21-18(3)24(33-25-27(21)20(16)9-10-26(4,34-25)35-36-27)32-23(31)19-6-8-22(17(2)15-19)30(13-11-28)14-12-29/h6,8,15-16,18,20-21,24-25H,5,7,9-14H2,1-4H3/t16-,18-,20+,21+,24?,25-,26-,27-/m1/s1. The van der Waals surface area contributed by atoms with Crippen molar-refractivity contribution in [2.75, 3.05) is 29.7 Å². The van der Waals surface area contributed by atoms with Gasteiger partial charge in [0, 0.05) is 48.8 Å². The van der Waals surface area contributed by atoms with E-state index in [0.717, 1.165) is 36.9 Å². The Morgan fingerprint density at radius 2 is 1.86 bits per heavy atom. The molecule has 4 aliphatic heterocycles. The molecule has 1 saturated carbocycles. The van der Waals surface area contributed by atoms with Crippen LogP contribution in [0.1, 0.15) is 62.4 Å². The number of ether oxygens (including phenoxy) is 3. The molecule has 0 radical (unpaired) electrons. The molecule has 200 valence electrons. The third-order valence-electron chi connectivity index (χ3n) is 8.80. The van der Waals surface area contributed by atoms with Crippen molar-refractivity contribution < 1.29 is 28.8 Å². The van der Waals surface area contributed by atoms with Crippen LogP contribution in [0.2, 0.25) is 0 Å². The van der Waals surface area contributed by atoms with E-state index in [9.17, 15) is 4.79 Å². The molecule has 4 heterocycles. The number of halogens is 2. The number of hydrogen-bond acceptors (Lipinski definition) is 7. The van der Waals surface area contributed by atoms with Gasteiger partial charge in [-0.2, -0.15) is 0 Å². The number of esters is 1. The molecule has 9 heteroatoms. The Kier molecular flexibility index (Phi) is 7.54. The third kappa shape index (κ3) is 4.44. The molecule has 1 aromatic rings. The molecule has 2 bridgehead atoms. The summed E-state index contributed by atoms with van der Waals surface area (Å²) in [7, 11) is 0. The lowest BCUT2D eigenvalue weighted by Crippen LogP contribution is -2.70. The molecule has 8 atom stereocenters. The average molecular weight is 543 g/mol. The highest BCUT2D eigenvalue weighted by atomic mass is 35.5. The van der Waals surface area contributed by atoms with Gasteiger partial charge in [-0.25, -0.2) is 14.6 Å². The number of rotatable bonds is 7. The van der Waals surface area contributed by atoms with Gasteiger partial charge in [0.1, 0.15) is 0 Å². The number of fused-ring (bicyclic) bond motifs is 2. The molecule has 36 heavy (non-hydrogen) atoms. The Labute approximate surface area is 223 Å². The van der Waals surface area contributed by atoms with Gasteiger partial charge >= 0.3 is 5.97 Å². The van der Waals surface area contributed by atoms with E-state index in [1.807, 2.05) is 26.0 Å². The van der Waals surface area contributed by atoms with E-state index in [-0.39, 0.29) is 17.8 Å². The zero-order valence-electron chi connectivity index (χ0n) is 21.5. The average Bonchev–Trinajstić information content (AvgIpc) is 3.08. The van der Waals surface area contributed by atoms with Crippen LogP contribution in [-0.4, -0.2) is 54.8 Å². The van der Waals surface area contributed by atoms with Crippen LogP contribution in [0.4, 0.5) is 5.69 Å².